The highest BCUT2D eigenvalue weighted by Crippen LogP contribution is 2.38. The number of benzene rings is 1. The molecule has 1 aromatic carbocycles. The smallest absolute Gasteiger partial charge is 0.168 e. The summed E-state index contributed by atoms with van der Waals surface area (Å²) in [5.41, 5.74) is 0. The second-order valence-corrected chi connectivity index (χ2v) is 4.77. The SMILES string of the molecule is COc1ccc2c(N3CCNCC3)nccc2c1OC. The number of hydrogen-bond donors (Lipinski definition) is 1. The molecule has 0 amide bonds. The molecule has 1 fully saturated rings. The summed E-state index contributed by atoms with van der Waals surface area (Å²) in [5.74, 6) is 2.53. The standard InChI is InChI=1S/C15H19N3O2/c1-19-13-4-3-12-11(14(13)20-2)5-6-17-15(12)18-9-7-16-8-10-18/h3-6,16H,7-10H2,1-2H3. The van der Waals surface area contributed by atoms with Crippen molar-refractivity contribution in [3.63, 3.8) is 0 Å². The van der Waals surface area contributed by atoms with E-state index in [1.54, 1.807) is 14.2 Å². The number of nitrogens with zero attached hydrogens (tertiary/aromatic N) is 2. The molecule has 5 nitrogen and oxygen atoms in total. The summed E-state index contributed by atoms with van der Waals surface area (Å²) in [4.78, 5) is 6.87. The maximum atomic E-state index is 5.51. The van der Waals surface area contributed by atoms with Crippen LogP contribution >= 0.6 is 0 Å². The van der Waals surface area contributed by atoms with Crippen LogP contribution in [0.15, 0.2) is 24.4 Å². The Morgan fingerprint density at radius 3 is 2.55 bits per heavy atom. The summed E-state index contributed by atoms with van der Waals surface area (Å²) in [6, 6.07) is 5.97. The van der Waals surface area contributed by atoms with E-state index in [-0.39, 0.29) is 0 Å². The minimum absolute atomic E-state index is 0.748. The van der Waals surface area contributed by atoms with Crippen LogP contribution in [0, 0.1) is 0 Å². The molecular formula is C15H19N3O2. The quantitative estimate of drug-likeness (QED) is 0.921. The summed E-state index contributed by atoms with van der Waals surface area (Å²) in [5, 5.41) is 5.50. The van der Waals surface area contributed by atoms with Gasteiger partial charge >= 0.3 is 0 Å². The third kappa shape index (κ3) is 2.14. The molecular weight excluding hydrogens is 254 g/mol. The first-order valence-corrected chi connectivity index (χ1v) is 6.80. The monoisotopic (exact) mass is 273 g/mol. The molecule has 0 radical (unpaired) electrons. The van der Waals surface area contributed by atoms with Crippen LogP contribution < -0.4 is 19.7 Å². The lowest BCUT2D eigenvalue weighted by atomic mass is 10.1. The van der Waals surface area contributed by atoms with E-state index in [2.05, 4.69) is 21.3 Å². The van der Waals surface area contributed by atoms with E-state index in [1.807, 2.05) is 18.3 Å². The molecule has 2 aromatic rings. The van der Waals surface area contributed by atoms with Crippen LogP contribution in [0.1, 0.15) is 0 Å². The van der Waals surface area contributed by atoms with Crippen LogP contribution in [0.2, 0.25) is 0 Å². The topological polar surface area (TPSA) is 46.6 Å². The summed E-state index contributed by atoms with van der Waals surface area (Å²) in [6.07, 6.45) is 1.83. The van der Waals surface area contributed by atoms with E-state index in [1.165, 1.54) is 0 Å². The summed E-state index contributed by atoms with van der Waals surface area (Å²) < 4.78 is 10.9. The number of pyridine rings is 1. The number of fused-ring (bicyclic) bond motifs is 1. The van der Waals surface area contributed by atoms with Gasteiger partial charge in [0.1, 0.15) is 5.82 Å². The van der Waals surface area contributed by atoms with Crippen molar-refractivity contribution in [2.75, 3.05) is 45.3 Å². The van der Waals surface area contributed by atoms with Crippen molar-refractivity contribution in [1.82, 2.24) is 10.3 Å². The van der Waals surface area contributed by atoms with Gasteiger partial charge in [-0.05, 0) is 18.2 Å². The summed E-state index contributed by atoms with van der Waals surface area (Å²) >= 11 is 0. The fourth-order valence-electron chi connectivity index (χ4n) is 2.69. The van der Waals surface area contributed by atoms with Crippen LogP contribution in [0.4, 0.5) is 5.82 Å². The molecule has 0 atom stereocenters. The van der Waals surface area contributed by atoms with Crippen LogP contribution in [0.3, 0.4) is 0 Å². The maximum absolute atomic E-state index is 5.51. The van der Waals surface area contributed by atoms with Crippen molar-refractivity contribution >= 4 is 16.6 Å². The van der Waals surface area contributed by atoms with E-state index in [0.717, 1.165) is 54.3 Å². The van der Waals surface area contributed by atoms with Crippen molar-refractivity contribution in [2.45, 2.75) is 0 Å². The van der Waals surface area contributed by atoms with Crippen molar-refractivity contribution in [3.8, 4) is 11.5 Å². The Labute approximate surface area is 118 Å². The van der Waals surface area contributed by atoms with Crippen LogP contribution in [0.25, 0.3) is 10.8 Å². The Hall–Kier alpha value is -2.01. The number of hydrogen-bond acceptors (Lipinski definition) is 5. The molecule has 1 aromatic heterocycles. The van der Waals surface area contributed by atoms with Gasteiger partial charge in [0.25, 0.3) is 0 Å². The second-order valence-electron chi connectivity index (χ2n) is 4.77. The molecule has 1 aliphatic rings. The number of rotatable bonds is 3. The lowest BCUT2D eigenvalue weighted by Gasteiger charge is -2.29. The number of methoxy groups -OCH3 is 2. The van der Waals surface area contributed by atoms with Crippen molar-refractivity contribution < 1.29 is 9.47 Å². The average molecular weight is 273 g/mol. The molecule has 0 spiro atoms. The molecule has 0 bridgehead atoms. The zero-order valence-electron chi connectivity index (χ0n) is 11.8. The predicted molar refractivity (Wildman–Crippen MR) is 79.9 cm³/mol. The van der Waals surface area contributed by atoms with Crippen LogP contribution in [-0.4, -0.2) is 45.4 Å². The van der Waals surface area contributed by atoms with Gasteiger partial charge in [0, 0.05) is 43.1 Å². The van der Waals surface area contributed by atoms with Crippen molar-refractivity contribution in [1.29, 1.82) is 0 Å². The number of piperazine rings is 1. The van der Waals surface area contributed by atoms with Gasteiger partial charge in [-0.3, -0.25) is 0 Å². The van der Waals surface area contributed by atoms with E-state index in [4.69, 9.17) is 9.47 Å². The number of ether oxygens (including phenoxy) is 2. The highest BCUT2D eigenvalue weighted by molar-refractivity contribution is 5.98. The number of nitrogens with one attached hydrogen (secondary N) is 1. The molecule has 0 saturated carbocycles. The first-order valence-electron chi connectivity index (χ1n) is 6.80. The number of anilines is 1. The first kappa shape index (κ1) is 13.0. The van der Waals surface area contributed by atoms with E-state index >= 15 is 0 Å². The van der Waals surface area contributed by atoms with Gasteiger partial charge in [-0.15, -0.1) is 0 Å². The highest BCUT2D eigenvalue weighted by Gasteiger charge is 2.17. The Morgan fingerprint density at radius 2 is 1.85 bits per heavy atom. The second kappa shape index (κ2) is 5.54. The Bertz CT molecular complexity index is 609. The van der Waals surface area contributed by atoms with E-state index < -0.39 is 0 Å². The fraction of sp³-hybridized carbons (Fsp3) is 0.400. The predicted octanol–water partition coefficient (Wildman–Crippen LogP) is 1.66. The van der Waals surface area contributed by atoms with Gasteiger partial charge < -0.3 is 19.7 Å². The highest BCUT2D eigenvalue weighted by atomic mass is 16.5. The molecule has 0 unspecified atom stereocenters. The molecule has 20 heavy (non-hydrogen) atoms. The largest absolute Gasteiger partial charge is 0.493 e. The van der Waals surface area contributed by atoms with Gasteiger partial charge in [0.15, 0.2) is 11.5 Å². The number of aromatic nitrogens is 1. The third-order valence-corrected chi connectivity index (χ3v) is 3.68. The lowest BCUT2D eigenvalue weighted by molar-refractivity contribution is 0.358. The van der Waals surface area contributed by atoms with Crippen LogP contribution in [-0.2, 0) is 0 Å². The van der Waals surface area contributed by atoms with Gasteiger partial charge in [-0.2, -0.15) is 0 Å². The van der Waals surface area contributed by atoms with Crippen molar-refractivity contribution in [2.24, 2.45) is 0 Å². The van der Waals surface area contributed by atoms with Gasteiger partial charge in [-0.1, -0.05) is 0 Å². The molecule has 5 heteroatoms. The molecule has 0 aliphatic carbocycles. The van der Waals surface area contributed by atoms with Crippen LogP contribution in [0.5, 0.6) is 11.5 Å². The molecule has 106 valence electrons. The fourth-order valence-corrected chi connectivity index (χ4v) is 2.69. The normalized spacial score (nSPS) is 15.4. The lowest BCUT2D eigenvalue weighted by Crippen LogP contribution is -2.43. The molecule has 2 heterocycles. The third-order valence-electron chi connectivity index (χ3n) is 3.68. The van der Waals surface area contributed by atoms with Crippen molar-refractivity contribution in [3.05, 3.63) is 24.4 Å². The van der Waals surface area contributed by atoms with E-state index in [0.29, 0.717) is 0 Å². The van der Waals surface area contributed by atoms with Gasteiger partial charge in [0.05, 0.1) is 14.2 Å². The minimum atomic E-state index is 0.748. The summed E-state index contributed by atoms with van der Waals surface area (Å²) in [7, 11) is 3.32. The molecule has 1 saturated heterocycles. The molecule has 1 N–H and O–H groups in total. The van der Waals surface area contributed by atoms with Gasteiger partial charge in [-0.25, -0.2) is 4.98 Å². The molecule has 3 rings (SSSR count). The molecule has 1 aliphatic heterocycles. The Morgan fingerprint density at radius 1 is 1.05 bits per heavy atom. The Kier molecular flexibility index (Phi) is 3.60. The first-order chi connectivity index (χ1) is 9.85. The Balaban J connectivity index is 2.14. The average Bonchev–Trinajstić information content (AvgIpc) is 2.53. The van der Waals surface area contributed by atoms with E-state index in [9.17, 15) is 0 Å². The maximum Gasteiger partial charge on any atom is 0.168 e. The van der Waals surface area contributed by atoms with Gasteiger partial charge in [0.2, 0.25) is 0 Å². The zero-order chi connectivity index (χ0) is 13.9. The zero-order valence-corrected chi connectivity index (χ0v) is 11.8. The summed E-state index contributed by atoms with van der Waals surface area (Å²) in [6.45, 7) is 3.93. The minimum Gasteiger partial charge on any atom is -0.493 e.